The van der Waals surface area contributed by atoms with Crippen LogP contribution < -0.4 is 9.47 Å². The number of pyridine rings is 1. The number of carboxylic acid groups (broad SMARTS) is 1. The summed E-state index contributed by atoms with van der Waals surface area (Å²) in [6.07, 6.45) is 0.877. The third kappa shape index (κ3) is 4.30. The fraction of sp³-hybridized carbons (Fsp3) is 0.440. The number of nitrogens with zero attached hydrogens (tertiary/aromatic N) is 3. The molecule has 0 saturated carbocycles. The van der Waals surface area contributed by atoms with Gasteiger partial charge in [-0.3, -0.25) is 4.90 Å². The van der Waals surface area contributed by atoms with Crippen molar-refractivity contribution in [2.75, 3.05) is 40.9 Å². The van der Waals surface area contributed by atoms with Crippen molar-refractivity contribution in [2.24, 2.45) is 0 Å². The van der Waals surface area contributed by atoms with E-state index in [1.165, 1.54) is 10.4 Å². The summed E-state index contributed by atoms with van der Waals surface area (Å²) < 4.78 is 11.0. The predicted molar refractivity (Wildman–Crippen MR) is 132 cm³/mol. The zero-order valence-corrected chi connectivity index (χ0v) is 20.7. The lowest BCUT2D eigenvalue weighted by Crippen LogP contribution is -2.25. The molecule has 1 aliphatic heterocycles. The average Bonchev–Trinajstić information content (AvgIpc) is 3.17. The Morgan fingerprint density at radius 3 is 2.58 bits per heavy atom. The van der Waals surface area contributed by atoms with Crippen LogP contribution in [0.3, 0.4) is 0 Å². The first-order valence-corrected chi connectivity index (χ1v) is 12.1. The van der Waals surface area contributed by atoms with Crippen LogP contribution >= 0.6 is 11.3 Å². The van der Waals surface area contributed by atoms with Gasteiger partial charge in [0.15, 0.2) is 11.5 Å². The number of carboxylic acids is 1. The second kappa shape index (κ2) is 9.67. The molecule has 8 heteroatoms. The van der Waals surface area contributed by atoms with Crippen LogP contribution in [0.1, 0.15) is 40.3 Å². The highest BCUT2D eigenvalue weighted by Gasteiger charge is 2.29. The molecule has 0 unspecified atom stereocenters. The molecule has 0 saturated heterocycles. The first-order chi connectivity index (χ1) is 15.9. The zero-order chi connectivity index (χ0) is 23.7. The Kier molecular flexibility index (Phi) is 6.88. The van der Waals surface area contributed by atoms with Crippen molar-refractivity contribution in [3.8, 4) is 22.6 Å². The Labute approximate surface area is 198 Å². The number of carbonyl (C=O) groups is 1. The van der Waals surface area contributed by atoms with Gasteiger partial charge in [-0.1, -0.05) is 19.9 Å². The Morgan fingerprint density at radius 2 is 1.94 bits per heavy atom. The fourth-order valence-corrected chi connectivity index (χ4v) is 5.91. The van der Waals surface area contributed by atoms with Gasteiger partial charge in [0.1, 0.15) is 4.83 Å². The quantitative estimate of drug-likeness (QED) is 0.520. The standard InChI is InChI=1S/C25H31N3O4S/c1-6-28(7-2)13-17-23(25(29)30)21(15-8-9-18(31-4)19(12-15)32-5)22-16-10-11-27(3)14-20(16)33-24(22)26-17/h8-9,12H,6-7,10-11,13-14H2,1-5H3,(H,29,30). The summed E-state index contributed by atoms with van der Waals surface area (Å²) in [5.41, 5.74) is 3.65. The zero-order valence-electron chi connectivity index (χ0n) is 19.9. The molecule has 176 valence electrons. The van der Waals surface area contributed by atoms with Gasteiger partial charge in [-0.05, 0) is 49.8 Å². The van der Waals surface area contributed by atoms with Crippen LogP contribution in [-0.2, 0) is 19.5 Å². The van der Waals surface area contributed by atoms with E-state index in [1.54, 1.807) is 25.6 Å². The number of hydrogen-bond acceptors (Lipinski definition) is 7. The number of rotatable bonds is 8. The third-order valence-corrected chi connectivity index (χ3v) is 7.52. The van der Waals surface area contributed by atoms with Gasteiger partial charge in [0.25, 0.3) is 0 Å². The molecule has 4 rings (SSSR count). The number of hydrogen-bond donors (Lipinski definition) is 1. The molecule has 0 aliphatic carbocycles. The summed E-state index contributed by atoms with van der Waals surface area (Å²) in [4.78, 5) is 24.3. The van der Waals surface area contributed by atoms with Crippen LogP contribution in [0.25, 0.3) is 21.3 Å². The maximum Gasteiger partial charge on any atom is 0.338 e. The van der Waals surface area contributed by atoms with Crippen molar-refractivity contribution in [2.45, 2.75) is 33.4 Å². The Bertz CT molecular complexity index is 1190. The van der Waals surface area contributed by atoms with E-state index < -0.39 is 5.97 Å². The van der Waals surface area contributed by atoms with Crippen LogP contribution in [-0.4, -0.2) is 66.8 Å². The molecule has 1 N–H and O–H groups in total. The Morgan fingerprint density at radius 1 is 1.21 bits per heavy atom. The molecule has 2 aromatic heterocycles. The normalized spacial score (nSPS) is 14.0. The van der Waals surface area contributed by atoms with E-state index in [4.69, 9.17) is 14.5 Å². The van der Waals surface area contributed by atoms with Crippen molar-refractivity contribution >= 4 is 27.5 Å². The van der Waals surface area contributed by atoms with E-state index >= 15 is 0 Å². The molecule has 0 atom stereocenters. The number of methoxy groups -OCH3 is 2. The van der Waals surface area contributed by atoms with E-state index in [9.17, 15) is 9.90 Å². The minimum atomic E-state index is -0.954. The number of aromatic nitrogens is 1. The second-order valence-electron chi connectivity index (χ2n) is 8.32. The summed E-state index contributed by atoms with van der Waals surface area (Å²) in [7, 11) is 5.30. The molecule has 1 aliphatic rings. The van der Waals surface area contributed by atoms with Gasteiger partial charge in [0.05, 0.1) is 25.5 Å². The smallest absolute Gasteiger partial charge is 0.338 e. The number of ether oxygens (including phenoxy) is 2. The van der Waals surface area contributed by atoms with Gasteiger partial charge in [0, 0.05) is 35.5 Å². The number of likely N-dealkylation sites (N-methyl/N-ethyl adjacent to an activating group) is 1. The molecule has 0 bridgehead atoms. The molecular formula is C25H31N3O4S. The molecule has 0 spiro atoms. The van der Waals surface area contributed by atoms with Crippen molar-refractivity contribution in [3.63, 3.8) is 0 Å². The van der Waals surface area contributed by atoms with Crippen LogP contribution in [0, 0.1) is 0 Å². The average molecular weight is 470 g/mol. The topological polar surface area (TPSA) is 75.1 Å². The lowest BCUT2D eigenvalue weighted by Gasteiger charge is -2.23. The molecule has 3 aromatic rings. The van der Waals surface area contributed by atoms with Gasteiger partial charge in [-0.2, -0.15) is 0 Å². The Hall–Kier alpha value is -2.68. The van der Waals surface area contributed by atoms with Crippen LogP contribution in [0.2, 0.25) is 0 Å². The van der Waals surface area contributed by atoms with Gasteiger partial charge < -0.3 is 19.5 Å². The summed E-state index contributed by atoms with van der Waals surface area (Å²) in [5.74, 6) is 0.232. The van der Waals surface area contributed by atoms with Gasteiger partial charge in [0.2, 0.25) is 0 Å². The summed E-state index contributed by atoms with van der Waals surface area (Å²) in [6, 6.07) is 5.63. The third-order valence-electron chi connectivity index (χ3n) is 6.41. The van der Waals surface area contributed by atoms with Crippen molar-refractivity contribution in [1.82, 2.24) is 14.8 Å². The maximum atomic E-state index is 12.7. The van der Waals surface area contributed by atoms with E-state index in [-0.39, 0.29) is 5.56 Å². The number of thiophene rings is 1. The number of aromatic carboxylic acids is 1. The number of benzene rings is 1. The minimum Gasteiger partial charge on any atom is -0.493 e. The van der Waals surface area contributed by atoms with Crippen molar-refractivity contribution < 1.29 is 19.4 Å². The highest BCUT2D eigenvalue weighted by Crippen LogP contribution is 2.44. The Balaban J connectivity index is 2.06. The van der Waals surface area contributed by atoms with Crippen molar-refractivity contribution in [3.05, 3.63) is 39.9 Å². The molecule has 1 aromatic carbocycles. The maximum absolute atomic E-state index is 12.7. The van der Waals surface area contributed by atoms with Gasteiger partial charge >= 0.3 is 5.97 Å². The lowest BCUT2D eigenvalue weighted by molar-refractivity contribution is 0.0695. The highest BCUT2D eigenvalue weighted by molar-refractivity contribution is 7.19. The van der Waals surface area contributed by atoms with Gasteiger partial charge in [-0.25, -0.2) is 9.78 Å². The first kappa shape index (κ1) is 23.5. The SMILES string of the molecule is CCN(CC)Cc1nc2sc3c(c2c(-c2ccc(OC)c(OC)c2)c1C(=O)O)CCN(C)C3. The van der Waals surface area contributed by atoms with Crippen LogP contribution in [0.15, 0.2) is 18.2 Å². The molecule has 3 heterocycles. The minimum absolute atomic E-state index is 0.279. The van der Waals surface area contributed by atoms with E-state index in [2.05, 4.69) is 30.7 Å². The van der Waals surface area contributed by atoms with E-state index in [1.807, 2.05) is 18.2 Å². The predicted octanol–water partition coefficient (Wildman–Crippen LogP) is 4.51. The van der Waals surface area contributed by atoms with Crippen molar-refractivity contribution in [1.29, 1.82) is 0 Å². The van der Waals surface area contributed by atoms with Gasteiger partial charge in [-0.15, -0.1) is 11.3 Å². The summed E-state index contributed by atoms with van der Waals surface area (Å²) in [6.45, 7) is 8.10. The fourth-order valence-electron chi connectivity index (χ4n) is 4.59. The van der Waals surface area contributed by atoms with Crippen LogP contribution in [0.5, 0.6) is 11.5 Å². The van der Waals surface area contributed by atoms with Crippen LogP contribution in [0.4, 0.5) is 0 Å². The molecular weight excluding hydrogens is 438 g/mol. The second-order valence-corrected chi connectivity index (χ2v) is 9.40. The molecule has 0 fully saturated rings. The lowest BCUT2D eigenvalue weighted by atomic mass is 9.91. The monoisotopic (exact) mass is 469 g/mol. The summed E-state index contributed by atoms with van der Waals surface area (Å²) in [5, 5.41) is 11.4. The molecule has 0 radical (unpaired) electrons. The largest absolute Gasteiger partial charge is 0.493 e. The molecule has 0 amide bonds. The van der Waals surface area contributed by atoms with E-state index in [0.717, 1.165) is 53.9 Å². The number of fused-ring (bicyclic) bond motifs is 3. The molecule has 33 heavy (non-hydrogen) atoms. The highest BCUT2D eigenvalue weighted by atomic mass is 32.1. The van der Waals surface area contributed by atoms with E-state index in [0.29, 0.717) is 23.7 Å². The molecule has 7 nitrogen and oxygen atoms in total. The summed E-state index contributed by atoms with van der Waals surface area (Å²) >= 11 is 1.69. The first-order valence-electron chi connectivity index (χ1n) is 11.2.